The fourth-order valence-corrected chi connectivity index (χ4v) is 2.67. The normalized spacial score (nSPS) is 14.0. The van der Waals surface area contributed by atoms with Crippen molar-refractivity contribution in [2.24, 2.45) is 4.99 Å². The number of guanidine groups is 1. The summed E-state index contributed by atoms with van der Waals surface area (Å²) >= 11 is 0. The highest BCUT2D eigenvalue weighted by molar-refractivity contribution is 14.0. The third-order valence-electron chi connectivity index (χ3n) is 4.00. The minimum absolute atomic E-state index is 0. The molecule has 0 saturated carbocycles. The number of likely N-dealkylation sites (tertiary alicyclic amines) is 1. The van der Waals surface area contributed by atoms with Crippen LogP contribution in [0.2, 0.25) is 0 Å². The van der Waals surface area contributed by atoms with E-state index >= 15 is 0 Å². The second-order valence-electron chi connectivity index (χ2n) is 5.88. The van der Waals surface area contributed by atoms with E-state index in [-0.39, 0.29) is 36.4 Å². The van der Waals surface area contributed by atoms with Crippen LogP contribution in [-0.4, -0.2) is 42.9 Å². The molecule has 0 unspecified atom stereocenters. The zero-order chi connectivity index (χ0) is 18.1. The number of rotatable bonds is 7. The molecule has 0 aliphatic carbocycles. The molecule has 142 valence electrons. The van der Waals surface area contributed by atoms with Gasteiger partial charge in [-0.25, -0.2) is 9.38 Å². The van der Waals surface area contributed by atoms with Gasteiger partial charge in [-0.2, -0.15) is 5.26 Å². The lowest BCUT2D eigenvalue weighted by Gasteiger charge is -2.16. The molecular formula is C18H25FIN5O. The van der Waals surface area contributed by atoms with Gasteiger partial charge >= 0.3 is 0 Å². The van der Waals surface area contributed by atoms with Gasteiger partial charge in [0.25, 0.3) is 0 Å². The van der Waals surface area contributed by atoms with Crippen molar-refractivity contribution in [3.05, 3.63) is 35.1 Å². The fraction of sp³-hybridized carbons (Fsp3) is 0.500. The summed E-state index contributed by atoms with van der Waals surface area (Å²) in [6.45, 7) is 5.14. The average molecular weight is 473 g/mol. The van der Waals surface area contributed by atoms with Gasteiger partial charge in [-0.1, -0.05) is 6.07 Å². The van der Waals surface area contributed by atoms with Crippen LogP contribution in [0.25, 0.3) is 0 Å². The van der Waals surface area contributed by atoms with Crippen LogP contribution in [0.3, 0.4) is 0 Å². The van der Waals surface area contributed by atoms with Crippen molar-refractivity contribution in [1.29, 1.82) is 5.26 Å². The predicted octanol–water partition coefficient (Wildman–Crippen LogP) is 2.38. The van der Waals surface area contributed by atoms with Crippen molar-refractivity contribution in [2.45, 2.75) is 32.7 Å². The number of nitrogens with one attached hydrogen (secondary N) is 2. The Bertz CT molecular complexity index is 674. The molecule has 1 aliphatic rings. The molecule has 0 radical (unpaired) electrons. The summed E-state index contributed by atoms with van der Waals surface area (Å²) in [5, 5.41) is 15.1. The van der Waals surface area contributed by atoms with Gasteiger partial charge in [-0.05, 0) is 31.9 Å². The highest BCUT2D eigenvalue weighted by Gasteiger charge is 2.18. The van der Waals surface area contributed by atoms with Crippen LogP contribution in [0, 0.1) is 17.1 Å². The molecule has 8 heteroatoms. The van der Waals surface area contributed by atoms with Crippen molar-refractivity contribution in [3.8, 4) is 6.07 Å². The Hall–Kier alpha value is -1.89. The molecule has 1 saturated heterocycles. The third kappa shape index (κ3) is 6.78. The van der Waals surface area contributed by atoms with Crippen LogP contribution >= 0.6 is 24.0 Å². The van der Waals surface area contributed by atoms with E-state index in [1.54, 1.807) is 12.1 Å². The van der Waals surface area contributed by atoms with E-state index < -0.39 is 5.82 Å². The smallest absolute Gasteiger partial charge is 0.222 e. The number of hydrogen-bond donors (Lipinski definition) is 2. The van der Waals surface area contributed by atoms with Gasteiger partial charge in [-0.15, -0.1) is 24.0 Å². The number of nitriles is 1. The lowest BCUT2D eigenvalue weighted by atomic mass is 10.1. The van der Waals surface area contributed by atoms with Gasteiger partial charge < -0.3 is 15.5 Å². The van der Waals surface area contributed by atoms with Gasteiger partial charge in [-0.3, -0.25) is 4.79 Å². The summed E-state index contributed by atoms with van der Waals surface area (Å²) in [5.74, 6) is 0.419. The highest BCUT2D eigenvalue weighted by atomic mass is 127. The summed E-state index contributed by atoms with van der Waals surface area (Å²) in [6.07, 6.45) is 2.45. The number of nitrogens with zero attached hydrogens (tertiary/aromatic N) is 3. The Morgan fingerprint density at radius 2 is 2.23 bits per heavy atom. The molecule has 0 aromatic heterocycles. The summed E-state index contributed by atoms with van der Waals surface area (Å²) in [7, 11) is 0. The molecule has 2 rings (SSSR count). The van der Waals surface area contributed by atoms with Crippen molar-refractivity contribution >= 4 is 35.8 Å². The number of benzene rings is 1. The minimum Gasteiger partial charge on any atom is -0.357 e. The van der Waals surface area contributed by atoms with Crippen LogP contribution in [0.1, 0.15) is 37.3 Å². The minimum atomic E-state index is -0.425. The Labute approximate surface area is 170 Å². The average Bonchev–Trinajstić information content (AvgIpc) is 3.02. The van der Waals surface area contributed by atoms with E-state index in [2.05, 4.69) is 15.6 Å². The number of carbonyl (C=O) groups excluding carboxylic acids is 1. The van der Waals surface area contributed by atoms with Crippen molar-refractivity contribution in [2.75, 3.05) is 26.2 Å². The molecule has 1 heterocycles. The van der Waals surface area contributed by atoms with Crippen LogP contribution in [0.5, 0.6) is 0 Å². The monoisotopic (exact) mass is 473 g/mol. The van der Waals surface area contributed by atoms with Crippen molar-refractivity contribution in [1.82, 2.24) is 15.5 Å². The van der Waals surface area contributed by atoms with Gasteiger partial charge in [0.05, 0.1) is 18.2 Å². The Morgan fingerprint density at radius 3 is 2.85 bits per heavy atom. The van der Waals surface area contributed by atoms with Gasteiger partial charge in [0, 0.05) is 38.2 Å². The quantitative estimate of drug-likeness (QED) is 0.276. The highest BCUT2D eigenvalue weighted by Crippen LogP contribution is 2.11. The summed E-state index contributed by atoms with van der Waals surface area (Å²) in [5.41, 5.74) is 0.741. The summed E-state index contributed by atoms with van der Waals surface area (Å²) < 4.78 is 13.9. The second kappa shape index (κ2) is 11.7. The molecule has 0 atom stereocenters. The number of aliphatic imine (C=N–C) groups is 1. The zero-order valence-corrected chi connectivity index (χ0v) is 17.3. The van der Waals surface area contributed by atoms with Crippen LogP contribution in [0.15, 0.2) is 23.2 Å². The standard InChI is InChI=1S/C18H24FN5O.HI/c1-2-21-18(22-8-4-10-24-9-3-5-17(24)25)23-13-15-7-6-14(12-20)11-16(15)19;/h6-7,11H,2-5,8-10,13H2,1H3,(H2,21,22,23);1H. The number of halogens is 2. The molecule has 1 fully saturated rings. The molecule has 0 bridgehead atoms. The van der Waals surface area contributed by atoms with E-state index in [0.717, 1.165) is 25.9 Å². The molecule has 0 spiro atoms. The van der Waals surface area contributed by atoms with Crippen LogP contribution in [-0.2, 0) is 11.3 Å². The lowest BCUT2D eigenvalue weighted by molar-refractivity contribution is -0.127. The Balaban J connectivity index is 0.00000338. The van der Waals surface area contributed by atoms with E-state index in [1.807, 2.05) is 17.9 Å². The number of carbonyl (C=O) groups is 1. The maximum absolute atomic E-state index is 13.9. The first-order valence-electron chi connectivity index (χ1n) is 8.62. The van der Waals surface area contributed by atoms with Crippen LogP contribution in [0.4, 0.5) is 4.39 Å². The Morgan fingerprint density at radius 1 is 1.42 bits per heavy atom. The first-order chi connectivity index (χ1) is 12.1. The molecule has 1 amide bonds. The maximum atomic E-state index is 13.9. The SMILES string of the molecule is CCNC(=NCc1ccc(C#N)cc1F)NCCCN1CCCC1=O.I. The summed E-state index contributed by atoms with van der Waals surface area (Å²) in [4.78, 5) is 17.8. The van der Waals surface area contributed by atoms with Gasteiger partial charge in [0.1, 0.15) is 5.82 Å². The Kier molecular flexibility index (Phi) is 9.95. The van der Waals surface area contributed by atoms with Gasteiger partial charge in [0.2, 0.25) is 5.91 Å². The molecular weight excluding hydrogens is 448 g/mol. The summed E-state index contributed by atoms with van der Waals surface area (Å²) in [6, 6.07) is 6.30. The molecule has 1 aliphatic heterocycles. The molecule has 1 aromatic carbocycles. The second-order valence-corrected chi connectivity index (χ2v) is 5.88. The van der Waals surface area contributed by atoms with Crippen LogP contribution < -0.4 is 10.6 Å². The first kappa shape index (κ1) is 22.2. The largest absolute Gasteiger partial charge is 0.357 e. The van der Waals surface area contributed by atoms with E-state index in [9.17, 15) is 9.18 Å². The first-order valence-corrected chi connectivity index (χ1v) is 8.62. The molecule has 6 nitrogen and oxygen atoms in total. The lowest BCUT2D eigenvalue weighted by Crippen LogP contribution is -2.39. The third-order valence-corrected chi connectivity index (χ3v) is 4.00. The van der Waals surface area contributed by atoms with Gasteiger partial charge in [0.15, 0.2) is 5.96 Å². The van der Waals surface area contributed by atoms with Crippen molar-refractivity contribution in [3.63, 3.8) is 0 Å². The molecule has 1 aromatic rings. The van der Waals surface area contributed by atoms with Crippen molar-refractivity contribution < 1.29 is 9.18 Å². The zero-order valence-electron chi connectivity index (χ0n) is 14.9. The predicted molar refractivity (Wildman–Crippen MR) is 110 cm³/mol. The van der Waals surface area contributed by atoms with E-state index in [0.29, 0.717) is 36.6 Å². The van der Waals surface area contributed by atoms with E-state index in [1.165, 1.54) is 6.07 Å². The fourth-order valence-electron chi connectivity index (χ4n) is 2.67. The number of amides is 1. The molecule has 26 heavy (non-hydrogen) atoms. The molecule has 2 N–H and O–H groups in total. The topological polar surface area (TPSA) is 80.5 Å². The maximum Gasteiger partial charge on any atom is 0.222 e. The number of hydrogen-bond acceptors (Lipinski definition) is 3. The van der Waals surface area contributed by atoms with E-state index in [4.69, 9.17) is 5.26 Å².